The maximum Gasteiger partial charge on any atom is 0.254 e. The van der Waals surface area contributed by atoms with Gasteiger partial charge in [0.1, 0.15) is 12.7 Å². The second kappa shape index (κ2) is 7.10. The molecule has 2 heterocycles. The summed E-state index contributed by atoms with van der Waals surface area (Å²) in [5, 5.41) is 4.11. The van der Waals surface area contributed by atoms with Crippen molar-refractivity contribution in [2.45, 2.75) is 19.9 Å². The zero-order valence-corrected chi connectivity index (χ0v) is 14.0. The smallest absolute Gasteiger partial charge is 0.254 e. The number of amides is 1. The highest BCUT2D eigenvalue weighted by Crippen LogP contribution is 2.30. The summed E-state index contributed by atoms with van der Waals surface area (Å²) in [4.78, 5) is 18.7. The summed E-state index contributed by atoms with van der Waals surface area (Å²) in [5.41, 5.74) is 7.56. The lowest BCUT2D eigenvalue weighted by molar-refractivity contribution is 0.0775. The molecule has 0 aliphatic carbocycles. The second-order valence-electron chi connectivity index (χ2n) is 6.24. The van der Waals surface area contributed by atoms with Crippen molar-refractivity contribution in [3.8, 4) is 0 Å². The Morgan fingerprint density at radius 2 is 2.17 bits per heavy atom. The molecular weight excluding hydrogens is 314 g/mol. The molecule has 6 nitrogen and oxygen atoms in total. The average molecular weight is 336 g/mol. The van der Waals surface area contributed by atoms with Gasteiger partial charge in [-0.1, -0.05) is 25.1 Å². The standard InChI is InChI=1S/C16H21N5O.ClH/c1-16(9-17)6-7-20(10-16)15(22)14-5-3-2-4-13(14)8-21-12-18-11-19-21;/h2-5,11-12H,6-10,17H2,1H3;1H. The fourth-order valence-corrected chi connectivity index (χ4v) is 2.89. The summed E-state index contributed by atoms with van der Waals surface area (Å²) in [7, 11) is 0. The van der Waals surface area contributed by atoms with Crippen LogP contribution in [0.1, 0.15) is 29.3 Å². The number of rotatable bonds is 4. The van der Waals surface area contributed by atoms with Crippen LogP contribution >= 0.6 is 12.4 Å². The number of nitrogens with zero attached hydrogens (tertiary/aromatic N) is 4. The third kappa shape index (κ3) is 3.71. The minimum absolute atomic E-state index is 0. The molecular formula is C16H22ClN5O. The molecule has 1 fully saturated rings. The van der Waals surface area contributed by atoms with Crippen molar-refractivity contribution >= 4 is 18.3 Å². The predicted octanol–water partition coefficient (Wildman–Crippen LogP) is 1.56. The average Bonchev–Trinajstić information content (AvgIpc) is 3.18. The van der Waals surface area contributed by atoms with E-state index in [2.05, 4.69) is 17.0 Å². The Labute approximate surface area is 142 Å². The van der Waals surface area contributed by atoms with Crippen molar-refractivity contribution in [3.63, 3.8) is 0 Å². The van der Waals surface area contributed by atoms with Gasteiger partial charge in [0.2, 0.25) is 0 Å². The molecule has 1 aliphatic rings. The molecule has 0 radical (unpaired) electrons. The summed E-state index contributed by atoms with van der Waals surface area (Å²) in [6.45, 7) is 4.78. The highest BCUT2D eigenvalue weighted by molar-refractivity contribution is 5.96. The molecule has 0 bridgehead atoms. The van der Waals surface area contributed by atoms with Crippen molar-refractivity contribution in [2.24, 2.45) is 11.1 Å². The first-order chi connectivity index (χ1) is 10.6. The number of hydrogen-bond donors (Lipinski definition) is 1. The molecule has 3 rings (SSSR count). The Kier molecular flexibility index (Phi) is 5.38. The van der Waals surface area contributed by atoms with Crippen LogP contribution in [0.25, 0.3) is 0 Å². The third-order valence-electron chi connectivity index (χ3n) is 4.38. The van der Waals surface area contributed by atoms with Crippen LogP contribution in [-0.2, 0) is 6.54 Å². The van der Waals surface area contributed by atoms with Crippen molar-refractivity contribution in [1.29, 1.82) is 0 Å². The van der Waals surface area contributed by atoms with Gasteiger partial charge in [-0.3, -0.25) is 4.79 Å². The quantitative estimate of drug-likeness (QED) is 0.919. The summed E-state index contributed by atoms with van der Waals surface area (Å²) in [6.07, 6.45) is 4.11. The molecule has 1 amide bonds. The van der Waals surface area contributed by atoms with Crippen LogP contribution < -0.4 is 5.73 Å². The van der Waals surface area contributed by atoms with E-state index in [9.17, 15) is 4.79 Å². The van der Waals surface area contributed by atoms with Crippen molar-refractivity contribution in [3.05, 3.63) is 48.0 Å². The largest absolute Gasteiger partial charge is 0.338 e. The van der Waals surface area contributed by atoms with Gasteiger partial charge in [-0.15, -0.1) is 12.4 Å². The lowest BCUT2D eigenvalue weighted by Gasteiger charge is -2.23. The van der Waals surface area contributed by atoms with Crippen LogP contribution in [0.5, 0.6) is 0 Å². The highest BCUT2D eigenvalue weighted by Gasteiger charge is 2.35. The summed E-state index contributed by atoms with van der Waals surface area (Å²) in [5.74, 6) is 0.0768. The van der Waals surface area contributed by atoms with Gasteiger partial charge in [0.05, 0.1) is 6.54 Å². The number of carbonyl (C=O) groups is 1. The first-order valence-electron chi connectivity index (χ1n) is 7.51. The van der Waals surface area contributed by atoms with Crippen molar-refractivity contribution in [2.75, 3.05) is 19.6 Å². The molecule has 1 aromatic heterocycles. The monoisotopic (exact) mass is 335 g/mol. The molecule has 1 saturated heterocycles. The van der Waals surface area contributed by atoms with E-state index < -0.39 is 0 Å². The fourth-order valence-electron chi connectivity index (χ4n) is 2.89. The SMILES string of the molecule is CC1(CN)CCN(C(=O)c2ccccc2Cn2cncn2)C1.Cl. The Balaban J connectivity index is 0.00000192. The maximum atomic E-state index is 12.8. The van der Waals surface area contributed by atoms with E-state index in [1.165, 1.54) is 6.33 Å². The fraction of sp³-hybridized carbons (Fsp3) is 0.438. The molecule has 1 aromatic carbocycles. The number of halogens is 1. The summed E-state index contributed by atoms with van der Waals surface area (Å²) < 4.78 is 1.72. The zero-order chi connectivity index (χ0) is 15.6. The lowest BCUT2D eigenvalue weighted by Crippen LogP contribution is -2.35. The Morgan fingerprint density at radius 1 is 1.39 bits per heavy atom. The predicted molar refractivity (Wildman–Crippen MR) is 90.5 cm³/mol. The van der Waals surface area contributed by atoms with Gasteiger partial charge < -0.3 is 10.6 Å². The van der Waals surface area contributed by atoms with Gasteiger partial charge in [0, 0.05) is 18.7 Å². The molecule has 0 saturated carbocycles. The van der Waals surface area contributed by atoms with Crippen LogP contribution in [-0.4, -0.2) is 45.2 Å². The molecule has 1 atom stereocenters. The number of likely N-dealkylation sites (tertiary alicyclic amines) is 1. The van der Waals surface area contributed by atoms with E-state index in [0.29, 0.717) is 13.1 Å². The highest BCUT2D eigenvalue weighted by atomic mass is 35.5. The van der Waals surface area contributed by atoms with Crippen molar-refractivity contribution < 1.29 is 4.79 Å². The number of nitrogens with two attached hydrogens (primary N) is 1. The van der Waals surface area contributed by atoms with Crippen molar-refractivity contribution in [1.82, 2.24) is 19.7 Å². The second-order valence-corrected chi connectivity index (χ2v) is 6.24. The van der Waals surface area contributed by atoms with Gasteiger partial charge >= 0.3 is 0 Å². The van der Waals surface area contributed by atoms with Gasteiger partial charge in [-0.05, 0) is 30.0 Å². The topological polar surface area (TPSA) is 77.0 Å². The minimum atomic E-state index is 0. The maximum absolute atomic E-state index is 12.8. The molecule has 2 N–H and O–H groups in total. The molecule has 124 valence electrons. The van der Waals surface area contributed by atoms with E-state index in [1.54, 1.807) is 11.0 Å². The Hall–Kier alpha value is -1.92. The summed E-state index contributed by atoms with van der Waals surface area (Å²) >= 11 is 0. The van der Waals surface area contributed by atoms with Crippen LogP contribution in [0.4, 0.5) is 0 Å². The number of aromatic nitrogens is 3. The zero-order valence-electron chi connectivity index (χ0n) is 13.2. The van der Waals surface area contributed by atoms with Crippen LogP contribution in [0.3, 0.4) is 0 Å². The van der Waals surface area contributed by atoms with Crippen LogP contribution in [0.15, 0.2) is 36.9 Å². The number of benzene rings is 1. The molecule has 0 spiro atoms. The van der Waals surface area contributed by atoms with E-state index in [1.807, 2.05) is 29.2 Å². The van der Waals surface area contributed by atoms with Gasteiger partial charge in [0.15, 0.2) is 0 Å². The van der Waals surface area contributed by atoms with E-state index in [4.69, 9.17) is 5.73 Å². The van der Waals surface area contributed by atoms with E-state index in [-0.39, 0.29) is 23.7 Å². The van der Waals surface area contributed by atoms with Gasteiger partial charge in [-0.25, -0.2) is 9.67 Å². The minimum Gasteiger partial charge on any atom is -0.338 e. The van der Waals surface area contributed by atoms with Crippen LogP contribution in [0.2, 0.25) is 0 Å². The first kappa shape index (κ1) is 17.4. The molecule has 1 unspecified atom stereocenters. The number of hydrogen-bond acceptors (Lipinski definition) is 4. The van der Waals surface area contributed by atoms with Gasteiger partial charge in [0.25, 0.3) is 5.91 Å². The normalized spacial score (nSPS) is 20.3. The Bertz CT molecular complexity index is 660. The molecule has 1 aliphatic heterocycles. The van der Waals surface area contributed by atoms with Gasteiger partial charge in [-0.2, -0.15) is 5.10 Å². The lowest BCUT2D eigenvalue weighted by atomic mass is 9.90. The number of carbonyl (C=O) groups excluding carboxylic acids is 1. The molecule has 7 heteroatoms. The third-order valence-corrected chi connectivity index (χ3v) is 4.38. The Morgan fingerprint density at radius 3 is 2.83 bits per heavy atom. The molecule has 23 heavy (non-hydrogen) atoms. The van der Waals surface area contributed by atoms with E-state index in [0.717, 1.165) is 30.6 Å². The molecule has 2 aromatic rings. The first-order valence-corrected chi connectivity index (χ1v) is 7.51. The van der Waals surface area contributed by atoms with E-state index >= 15 is 0 Å². The van der Waals surface area contributed by atoms with Crippen LogP contribution in [0, 0.1) is 5.41 Å². The summed E-state index contributed by atoms with van der Waals surface area (Å²) in [6, 6.07) is 7.69.